The number of nitrogens with zero attached hydrogens (tertiary/aromatic N) is 1. The number of imide groups is 1. The van der Waals surface area contributed by atoms with Crippen LogP contribution in [0.1, 0.15) is 13.3 Å². The first-order chi connectivity index (χ1) is 6.95. The lowest BCUT2D eigenvalue weighted by Crippen LogP contribution is -2.46. The summed E-state index contributed by atoms with van der Waals surface area (Å²) in [5.74, 6) is -0.147. The molecule has 0 heterocycles. The molecule has 0 aliphatic rings. The van der Waals surface area contributed by atoms with Gasteiger partial charge in [-0.05, 0) is 21.0 Å². The summed E-state index contributed by atoms with van der Waals surface area (Å²) in [7, 11) is 3.82. The van der Waals surface area contributed by atoms with Crippen molar-refractivity contribution >= 4 is 23.5 Å². The van der Waals surface area contributed by atoms with E-state index in [2.05, 4.69) is 10.6 Å². The monoisotopic (exact) mass is 235 g/mol. The van der Waals surface area contributed by atoms with Crippen LogP contribution in [-0.4, -0.2) is 49.4 Å². The zero-order chi connectivity index (χ0) is 11.8. The van der Waals surface area contributed by atoms with Gasteiger partial charge in [0.1, 0.15) is 0 Å². The molecule has 0 aliphatic carbocycles. The number of amides is 3. The van der Waals surface area contributed by atoms with Crippen LogP contribution in [0.5, 0.6) is 0 Å². The van der Waals surface area contributed by atoms with Crippen LogP contribution in [-0.2, 0) is 4.79 Å². The lowest BCUT2D eigenvalue weighted by Gasteiger charge is -2.18. The Balaban J connectivity index is 3.78. The lowest BCUT2D eigenvalue weighted by atomic mass is 10.3. The molecular weight excluding hydrogens is 218 g/mol. The molecule has 0 spiro atoms. The van der Waals surface area contributed by atoms with Crippen molar-refractivity contribution in [3.63, 3.8) is 0 Å². The second kappa shape index (κ2) is 7.48. The molecule has 0 aromatic heterocycles. The minimum atomic E-state index is -0.473. The topological polar surface area (TPSA) is 61.4 Å². The maximum atomic E-state index is 11.2. The highest BCUT2D eigenvalue weighted by Gasteiger charge is 2.10. The quantitative estimate of drug-likeness (QED) is 0.678. The summed E-state index contributed by atoms with van der Waals surface area (Å²) < 4.78 is 0. The highest BCUT2D eigenvalue weighted by molar-refractivity contribution is 6.19. The van der Waals surface area contributed by atoms with E-state index in [4.69, 9.17) is 11.6 Å². The Labute approximate surface area is 95.1 Å². The first kappa shape index (κ1) is 14.2. The van der Waals surface area contributed by atoms with Gasteiger partial charge in [0.25, 0.3) is 0 Å². The first-order valence-electron chi connectivity index (χ1n) is 4.76. The Bertz CT molecular complexity index is 221. The number of urea groups is 1. The van der Waals surface area contributed by atoms with Gasteiger partial charge < -0.3 is 10.2 Å². The summed E-state index contributed by atoms with van der Waals surface area (Å²) in [5, 5.41) is 4.84. The second-order valence-electron chi connectivity index (χ2n) is 3.62. The molecule has 0 aromatic rings. The molecule has 2 N–H and O–H groups in total. The molecule has 1 atom stereocenters. The fourth-order valence-electron chi connectivity index (χ4n) is 1.13. The molecule has 0 aromatic carbocycles. The molecule has 3 amide bonds. The maximum absolute atomic E-state index is 11.2. The molecule has 0 saturated heterocycles. The number of hydrogen-bond donors (Lipinski definition) is 2. The molecule has 0 radical (unpaired) electrons. The van der Waals surface area contributed by atoms with E-state index in [1.165, 1.54) is 0 Å². The number of alkyl halides is 1. The van der Waals surface area contributed by atoms with Gasteiger partial charge in [-0.25, -0.2) is 4.79 Å². The molecule has 1 unspecified atom stereocenters. The van der Waals surface area contributed by atoms with Gasteiger partial charge in [0.05, 0.1) is 0 Å². The normalized spacial score (nSPS) is 12.3. The van der Waals surface area contributed by atoms with Crippen molar-refractivity contribution in [2.24, 2.45) is 0 Å². The number of likely N-dealkylation sites (N-methyl/N-ethyl adjacent to an activating group) is 1. The average Bonchev–Trinajstić information content (AvgIpc) is 2.00. The third-order valence-corrected chi connectivity index (χ3v) is 1.78. The molecule has 0 bridgehead atoms. The largest absolute Gasteiger partial charge is 0.334 e. The Morgan fingerprint density at radius 3 is 2.47 bits per heavy atom. The molecular formula is C9H18ClN3O2. The van der Waals surface area contributed by atoms with Crippen molar-refractivity contribution in [2.45, 2.75) is 19.4 Å². The third kappa shape index (κ3) is 8.20. The number of carbonyl (C=O) groups is 2. The summed E-state index contributed by atoms with van der Waals surface area (Å²) in [6.45, 7) is 2.59. The fourth-order valence-corrected chi connectivity index (χ4v) is 1.30. The summed E-state index contributed by atoms with van der Waals surface area (Å²) in [4.78, 5) is 24.2. The van der Waals surface area contributed by atoms with Crippen LogP contribution in [0.15, 0.2) is 0 Å². The summed E-state index contributed by atoms with van der Waals surface area (Å²) in [5.41, 5.74) is 0. The highest BCUT2D eigenvalue weighted by Crippen LogP contribution is 1.87. The van der Waals surface area contributed by atoms with Crippen LogP contribution >= 0.6 is 11.6 Å². The standard InChI is InChI=1S/C9H18ClN3O2/c1-7(6-13(2)3)11-9(15)12-8(14)4-5-10/h7H,4-6H2,1-3H3,(H2,11,12,14,15). The zero-order valence-electron chi connectivity index (χ0n) is 9.34. The second-order valence-corrected chi connectivity index (χ2v) is 4.00. The summed E-state index contributed by atoms with van der Waals surface area (Å²) in [6.07, 6.45) is 0.150. The van der Waals surface area contributed by atoms with Crippen molar-refractivity contribution in [1.82, 2.24) is 15.5 Å². The molecule has 88 valence electrons. The van der Waals surface area contributed by atoms with Crippen LogP contribution < -0.4 is 10.6 Å². The molecule has 0 aliphatic heterocycles. The minimum Gasteiger partial charge on any atom is -0.334 e. The van der Waals surface area contributed by atoms with Gasteiger partial charge in [0.2, 0.25) is 5.91 Å². The van der Waals surface area contributed by atoms with Crippen LogP contribution in [0.4, 0.5) is 4.79 Å². The van der Waals surface area contributed by atoms with Crippen molar-refractivity contribution < 1.29 is 9.59 Å². The van der Waals surface area contributed by atoms with Gasteiger partial charge >= 0.3 is 6.03 Å². The van der Waals surface area contributed by atoms with Crippen molar-refractivity contribution in [3.8, 4) is 0 Å². The van der Waals surface area contributed by atoms with Gasteiger partial charge in [-0.3, -0.25) is 10.1 Å². The summed E-state index contributed by atoms with van der Waals surface area (Å²) in [6, 6.07) is -0.483. The zero-order valence-corrected chi connectivity index (χ0v) is 10.1. The highest BCUT2D eigenvalue weighted by atomic mass is 35.5. The number of rotatable bonds is 5. The number of hydrogen-bond acceptors (Lipinski definition) is 3. The van der Waals surface area contributed by atoms with E-state index in [0.717, 1.165) is 6.54 Å². The maximum Gasteiger partial charge on any atom is 0.321 e. The number of carbonyl (C=O) groups excluding carboxylic acids is 2. The van der Waals surface area contributed by atoms with Gasteiger partial charge in [-0.1, -0.05) is 0 Å². The van der Waals surface area contributed by atoms with Crippen LogP contribution in [0.25, 0.3) is 0 Å². The smallest absolute Gasteiger partial charge is 0.321 e. The SMILES string of the molecule is CC(CN(C)C)NC(=O)NC(=O)CCCl. The molecule has 0 fully saturated rings. The van der Waals surface area contributed by atoms with E-state index in [9.17, 15) is 9.59 Å². The van der Waals surface area contributed by atoms with Gasteiger partial charge in [-0.15, -0.1) is 11.6 Å². The van der Waals surface area contributed by atoms with Crippen molar-refractivity contribution in [2.75, 3.05) is 26.5 Å². The molecule has 6 heteroatoms. The van der Waals surface area contributed by atoms with Gasteiger partial charge in [0, 0.05) is 24.9 Å². The van der Waals surface area contributed by atoms with Gasteiger partial charge in [-0.2, -0.15) is 0 Å². The first-order valence-corrected chi connectivity index (χ1v) is 5.30. The van der Waals surface area contributed by atoms with Crippen LogP contribution in [0.3, 0.4) is 0 Å². The predicted molar refractivity (Wildman–Crippen MR) is 60.0 cm³/mol. The Kier molecular flexibility index (Phi) is 7.07. The molecule has 5 nitrogen and oxygen atoms in total. The van der Waals surface area contributed by atoms with E-state index in [-0.39, 0.29) is 24.2 Å². The van der Waals surface area contributed by atoms with Crippen molar-refractivity contribution in [3.05, 3.63) is 0 Å². The third-order valence-electron chi connectivity index (χ3n) is 1.59. The Morgan fingerprint density at radius 1 is 1.40 bits per heavy atom. The molecule has 15 heavy (non-hydrogen) atoms. The number of nitrogens with one attached hydrogen (secondary N) is 2. The van der Waals surface area contributed by atoms with Gasteiger partial charge in [0.15, 0.2) is 0 Å². The van der Waals surface area contributed by atoms with E-state index in [1.54, 1.807) is 0 Å². The Hall–Kier alpha value is -0.810. The van der Waals surface area contributed by atoms with E-state index >= 15 is 0 Å². The molecule has 0 rings (SSSR count). The lowest BCUT2D eigenvalue weighted by molar-refractivity contribution is -0.119. The summed E-state index contributed by atoms with van der Waals surface area (Å²) >= 11 is 5.36. The van der Waals surface area contributed by atoms with E-state index in [1.807, 2.05) is 25.9 Å². The number of halogens is 1. The van der Waals surface area contributed by atoms with Crippen LogP contribution in [0.2, 0.25) is 0 Å². The van der Waals surface area contributed by atoms with Crippen molar-refractivity contribution in [1.29, 1.82) is 0 Å². The Morgan fingerprint density at radius 2 is 2.00 bits per heavy atom. The fraction of sp³-hybridized carbons (Fsp3) is 0.778. The average molecular weight is 236 g/mol. The van der Waals surface area contributed by atoms with E-state index in [0.29, 0.717) is 0 Å². The molecule has 0 saturated carbocycles. The minimum absolute atomic E-state index is 0.0104. The predicted octanol–water partition coefficient (Wildman–Crippen LogP) is 0.391. The van der Waals surface area contributed by atoms with Crippen LogP contribution in [0, 0.1) is 0 Å². The van der Waals surface area contributed by atoms with E-state index < -0.39 is 6.03 Å².